The van der Waals surface area contributed by atoms with Gasteiger partial charge in [-0.2, -0.15) is 0 Å². The Labute approximate surface area is 293 Å². The van der Waals surface area contributed by atoms with Gasteiger partial charge < -0.3 is 109 Å². The molecule has 7 unspecified atom stereocenters. The van der Waals surface area contributed by atoms with Crippen LogP contribution >= 0.6 is 0 Å². The average Bonchev–Trinajstić information content (AvgIpc) is 3.10. The molecule has 0 aromatic heterocycles. The van der Waals surface area contributed by atoms with Crippen molar-refractivity contribution >= 4 is 11.9 Å². The largest absolute Gasteiger partial charge is 0.477 e. The molecule has 4 heterocycles. The van der Waals surface area contributed by atoms with Crippen LogP contribution in [-0.2, 0) is 47.5 Å². The summed E-state index contributed by atoms with van der Waals surface area (Å²) < 4.78 is 43.2. The summed E-state index contributed by atoms with van der Waals surface area (Å²) in [5.41, 5.74) is 0. The number of ether oxygens (including phenoxy) is 8. The van der Waals surface area contributed by atoms with Gasteiger partial charge in [0.25, 0.3) is 5.79 Å². The Hall–Kier alpha value is -1.86. The van der Waals surface area contributed by atoms with Gasteiger partial charge in [-0.1, -0.05) is 0 Å². The van der Waals surface area contributed by atoms with Crippen molar-refractivity contribution in [1.82, 2.24) is 0 Å². The van der Waals surface area contributed by atoms with E-state index in [0.29, 0.717) is 0 Å². The first-order chi connectivity index (χ1) is 24.4. The van der Waals surface area contributed by atoms with Crippen LogP contribution in [0, 0.1) is 0 Å². The molecule has 0 aromatic carbocycles. The number of carboxylic acids is 1. The van der Waals surface area contributed by atoms with Crippen molar-refractivity contribution in [3.63, 3.8) is 0 Å². The Morgan fingerprint density at radius 2 is 1.17 bits per heavy atom. The SMILES string of the molecule is CC(=O)OC1[C@H](O[C@H]2C(CO)O[C@@H](O[C@@H]3C(O)[C@H](O[C@H]4C([C@@H](O)CO)O[C@@](O)(C(=O)O)C[C@H]4O)OC(CO)[C@@H]3O)C(O)[C@H]2O)OC(CO)[C@H](O)[C@@H]1O. The summed E-state index contributed by atoms with van der Waals surface area (Å²) in [6.07, 6.45) is -36.7. The second-order valence-electron chi connectivity index (χ2n) is 12.7. The first-order valence-electron chi connectivity index (χ1n) is 16.0. The van der Waals surface area contributed by atoms with E-state index in [-0.39, 0.29) is 0 Å². The lowest BCUT2D eigenvalue weighted by molar-refractivity contribution is -0.389. The second-order valence-corrected chi connectivity index (χ2v) is 12.7. The fourth-order valence-corrected chi connectivity index (χ4v) is 6.27. The highest BCUT2D eigenvalue weighted by Gasteiger charge is 2.57. The number of rotatable bonds is 13. The molecule has 4 rings (SSSR count). The number of hydrogen-bond donors (Lipinski definition) is 14. The molecule has 0 radical (unpaired) electrons. The normalized spacial score (nSPS) is 47.8. The van der Waals surface area contributed by atoms with E-state index in [1.54, 1.807) is 0 Å². The van der Waals surface area contributed by atoms with E-state index in [2.05, 4.69) is 0 Å². The molecule has 52 heavy (non-hydrogen) atoms. The Balaban J connectivity index is 1.52. The molecule has 0 spiro atoms. The summed E-state index contributed by atoms with van der Waals surface area (Å²) >= 11 is 0. The predicted molar refractivity (Wildman–Crippen MR) is 155 cm³/mol. The van der Waals surface area contributed by atoms with E-state index in [1.165, 1.54) is 0 Å². The number of carbonyl (C=O) groups excluding carboxylic acids is 1. The van der Waals surface area contributed by atoms with E-state index in [0.717, 1.165) is 6.92 Å². The zero-order chi connectivity index (χ0) is 38.8. The highest BCUT2D eigenvalue weighted by molar-refractivity contribution is 5.75. The molecule has 0 aromatic rings. The van der Waals surface area contributed by atoms with Crippen molar-refractivity contribution in [3.8, 4) is 0 Å². The predicted octanol–water partition coefficient (Wildman–Crippen LogP) is -9.33. The molecule has 14 N–H and O–H groups in total. The molecule has 4 fully saturated rings. The lowest BCUT2D eigenvalue weighted by atomic mass is 9.92. The zero-order valence-corrected chi connectivity index (χ0v) is 27.3. The standard InChI is InChI=1S/C28H46O24/c1-7(33)45-23-15(38)13(36)10(4-30)47-26(23)50-21-12(6-32)48-24(17(40)16(21)39)51-22-14(37)11(5-31)46-25(18(22)41)49-19-8(34)2-28(44,27(42)43)52-20(19)9(35)3-29/h8-26,29-32,34-41,44H,2-6H2,1H3,(H,42,43)/t8-,9+,10?,11?,12?,13+,14+,15+,16-,17?,18?,19-,20?,21+,22+,23?,24+,25+,26+,28-/m1/s1. The number of aliphatic hydroxyl groups is 13. The smallest absolute Gasteiger partial charge is 0.364 e. The van der Waals surface area contributed by atoms with Crippen LogP contribution < -0.4 is 0 Å². The van der Waals surface area contributed by atoms with Gasteiger partial charge >= 0.3 is 11.9 Å². The maximum atomic E-state index is 11.7. The minimum atomic E-state index is -3.03. The Morgan fingerprint density at radius 1 is 0.673 bits per heavy atom. The average molecular weight is 767 g/mol. The summed E-state index contributed by atoms with van der Waals surface area (Å²) in [6.45, 7) is -2.90. The number of aliphatic hydroxyl groups excluding tert-OH is 12. The van der Waals surface area contributed by atoms with E-state index in [4.69, 9.17) is 37.9 Å². The Morgan fingerprint density at radius 3 is 1.73 bits per heavy atom. The van der Waals surface area contributed by atoms with Gasteiger partial charge in [-0.15, -0.1) is 0 Å². The minimum Gasteiger partial charge on any atom is -0.477 e. The third kappa shape index (κ3) is 8.82. The number of carboxylic acid groups (broad SMARTS) is 1. The minimum absolute atomic E-state index is 0.841. The molecule has 24 nitrogen and oxygen atoms in total. The Kier molecular flexibility index (Phi) is 14.6. The quantitative estimate of drug-likeness (QED) is 0.0774. The highest BCUT2D eigenvalue weighted by atomic mass is 16.8. The molecule has 302 valence electrons. The van der Waals surface area contributed by atoms with Crippen LogP contribution in [0.2, 0.25) is 0 Å². The van der Waals surface area contributed by atoms with Crippen LogP contribution in [0.15, 0.2) is 0 Å². The molecular formula is C28H46O24. The van der Waals surface area contributed by atoms with Crippen LogP contribution in [-0.4, -0.2) is 232 Å². The van der Waals surface area contributed by atoms with E-state index >= 15 is 0 Å². The summed E-state index contributed by atoms with van der Waals surface area (Å²) in [5, 5.41) is 145. The van der Waals surface area contributed by atoms with Crippen molar-refractivity contribution in [2.24, 2.45) is 0 Å². The first kappa shape index (κ1) is 42.9. The van der Waals surface area contributed by atoms with Gasteiger partial charge in [0, 0.05) is 13.3 Å². The molecular weight excluding hydrogens is 720 g/mol. The lowest BCUT2D eigenvalue weighted by Crippen LogP contribution is -2.68. The molecule has 4 aliphatic rings. The van der Waals surface area contributed by atoms with Crippen molar-refractivity contribution in [2.75, 3.05) is 26.4 Å². The van der Waals surface area contributed by atoms with Gasteiger partial charge in [-0.05, 0) is 0 Å². The second kappa shape index (κ2) is 17.7. The monoisotopic (exact) mass is 766 g/mol. The van der Waals surface area contributed by atoms with Crippen molar-refractivity contribution in [3.05, 3.63) is 0 Å². The van der Waals surface area contributed by atoms with Gasteiger partial charge in [-0.3, -0.25) is 4.79 Å². The fraction of sp³-hybridized carbons (Fsp3) is 0.929. The molecule has 20 atom stereocenters. The van der Waals surface area contributed by atoms with Crippen LogP contribution in [0.3, 0.4) is 0 Å². The maximum Gasteiger partial charge on any atom is 0.364 e. The van der Waals surface area contributed by atoms with E-state index in [9.17, 15) is 81.1 Å². The number of hydrogen-bond acceptors (Lipinski definition) is 23. The Bertz CT molecular complexity index is 1180. The summed E-state index contributed by atoms with van der Waals surface area (Å²) in [6, 6.07) is 0. The zero-order valence-electron chi connectivity index (χ0n) is 27.3. The molecule has 24 heteroatoms. The number of aliphatic carboxylic acids is 1. The highest BCUT2D eigenvalue weighted by Crippen LogP contribution is 2.36. The molecule has 4 aliphatic heterocycles. The van der Waals surface area contributed by atoms with Crippen molar-refractivity contribution < 1.29 is 119 Å². The number of carbonyl (C=O) groups is 2. The third-order valence-corrected chi connectivity index (χ3v) is 9.06. The van der Waals surface area contributed by atoms with Crippen LogP contribution in [0.25, 0.3) is 0 Å². The van der Waals surface area contributed by atoms with E-state index in [1.807, 2.05) is 0 Å². The molecule has 0 aliphatic carbocycles. The van der Waals surface area contributed by atoms with Crippen LogP contribution in [0.4, 0.5) is 0 Å². The van der Waals surface area contributed by atoms with Gasteiger partial charge in [-0.25, -0.2) is 4.79 Å². The van der Waals surface area contributed by atoms with Gasteiger partial charge in [0.15, 0.2) is 25.0 Å². The van der Waals surface area contributed by atoms with Crippen molar-refractivity contribution in [1.29, 1.82) is 0 Å². The molecule has 0 amide bonds. The maximum absolute atomic E-state index is 11.7. The number of esters is 1. The van der Waals surface area contributed by atoms with Gasteiger partial charge in [0.2, 0.25) is 0 Å². The summed E-state index contributed by atoms with van der Waals surface area (Å²) in [5.74, 6) is -5.93. The lowest BCUT2D eigenvalue weighted by Gasteiger charge is -2.49. The summed E-state index contributed by atoms with van der Waals surface area (Å²) in [7, 11) is 0. The third-order valence-electron chi connectivity index (χ3n) is 9.06. The summed E-state index contributed by atoms with van der Waals surface area (Å²) in [4.78, 5) is 23.3. The molecule has 4 saturated heterocycles. The molecule has 0 bridgehead atoms. The van der Waals surface area contributed by atoms with E-state index < -0.39 is 167 Å². The first-order valence-corrected chi connectivity index (χ1v) is 16.0. The topological polar surface area (TPSA) is 391 Å². The van der Waals surface area contributed by atoms with Crippen LogP contribution in [0.5, 0.6) is 0 Å². The molecule has 0 saturated carbocycles. The van der Waals surface area contributed by atoms with Crippen molar-refractivity contribution in [2.45, 2.75) is 136 Å². The van der Waals surface area contributed by atoms with Crippen LogP contribution in [0.1, 0.15) is 13.3 Å². The van der Waals surface area contributed by atoms with Gasteiger partial charge in [0.05, 0.1) is 32.5 Å². The fourth-order valence-electron chi connectivity index (χ4n) is 6.27. The van der Waals surface area contributed by atoms with Gasteiger partial charge in [0.1, 0.15) is 85.5 Å².